The highest BCUT2D eigenvalue weighted by Crippen LogP contribution is 2.32. The molecule has 0 aliphatic carbocycles. The molecular weight excluding hydrogens is 170 g/mol. The van der Waals surface area contributed by atoms with Crippen LogP contribution in [0.2, 0.25) is 0 Å². The van der Waals surface area contributed by atoms with Gasteiger partial charge in [0, 0.05) is 6.54 Å². The maximum absolute atomic E-state index is 10.8. The fourth-order valence-electron chi connectivity index (χ4n) is 2.04. The summed E-state index contributed by atoms with van der Waals surface area (Å²) in [6.45, 7) is 6.28. The zero-order valence-corrected chi connectivity index (χ0v) is 8.32. The number of rotatable bonds is 0. The lowest BCUT2D eigenvalue weighted by Gasteiger charge is -2.35. The van der Waals surface area contributed by atoms with Gasteiger partial charge in [-0.25, -0.2) is 4.79 Å². The van der Waals surface area contributed by atoms with E-state index in [1.54, 1.807) is 0 Å². The molecule has 4 heteroatoms. The van der Waals surface area contributed by atoms with E-state index in [2.05, 4.69) is 0 Å². The quantitative estimate of drug-likeness (QED) is 0.598. The minimum atomic E-state index is -0.934. The fourth-order valence-corrected chi connectivity index (χ4v) is 2.04. The summed E-state index contributed by atoms with van der Waals surface area (Å²) in [5.41, 5.74) is -0.200. The lowest BCUT2D eigenvalue weighted by molar-refractivity contribution is 0.0459. The van der Waals surface area contributed by atoms with E-state index in [1.165, 1.54) is 4.90 Å². The van der Waals surface area contributed by atoms with Gasteiger partial charge in [-0.15, -0.1) is 0 Å². The molecule has 13 heavy (non-hydrogen) atoms. The van der Waals surface area contributed by atoms with Crippen molar-refractivity contribution >= 4 is 6.09 Å². The van der Waals surface area contributed by atoms with Crippen molar-refractivity contribution < 1.29 is 15.0 Å². The summed E-state index contributed by atoms with van der Waals surface area (Å²) in [5, 5.41) is 18.5. The van der Waals surface area contributed by atoms with Crippen LogP contribution in [0.1, 0.15) is 27.2 Å². The van der Waals surface area contributed by atoms with Crippen LogP contribution in [0, 0.1) is 5.41 Å². The minimum absolute atomic E-state index is 0.200. The van der Waals surface area contributed by atoms with Gasteiger partial charge < -0.3 is 15.1 Å². The molecule has 0 aromatic carbocycles. The zero-order chi connectivity index (χ0) is 10.2. The van der Waals surface area contributed by atoms with Gasteiger partial charge in [0.2, 0.25) is 0 Å². The van der Waals surface area contributed by atoms with Crippen LogP contribution in [-0.2, 0) is 0 Å². The first-order chi connectivity index (χ1) is 5.84. The van der Waals surface area contributed by atoms with E-state index < -0.39 is 12.2 Å². The highest BCUT2D eigenvalue weighted by atomic mass is 16.4. The molecule has 2 atom stereocenters. The fraction of sp³-hybridized carbons (Fsp3) is 0.889. The van der Waals surface area contributed by atoms with E-state index >= 15 is 0 Å². The molecular formula is C9H17NO3. The number of aliphatic hydroxyl groups is 1. The number of likely N-dealkylation sites (tertiary alicyclic amines) is 1. The first-order valence-electron chi connectivity index (χ1n) is 4.51. The van der Waals surface area contributed by atoms with Gasteiger partial charge >= 0.3 is 6.09 Å². The SMILES string of the molecule is CC(C)(C)C1C(O)CCN1C(=O)O. The highest BCUT2D eigenvalue weighted by Gasteiger charge is 2.43. The van der Waals surface area contributed by atoms with E-state index in [9.17, 15) is 9.90 Å². The molecule has 2 N–H and O–H groups in total. The average Bonchev–Trinajstić information content (AvgIpc) is 2.28. The molecule has 1 heterocycles. The molecule has 1 rings (SSSR count). The number of hydrogen-bond donors (Lipinski definition) is 2. The first-order valence-corrected chi connectivity index (χ1v) is 4.51. The molecule has 1 aliphatic rings. The van der Waals surface area contributed by atoms with E-state index in [1.807, 2.05) is 20.8 Å². The Hall–Kier alpha value is -0.770. The van der Waals surface area contributed by atoms with Crippen molar-refractivity contribution in [1.82, 2.24) is 4.90 Å². The third-order valence-electron chi connectivity index (χ3n) is 2.50. The van der Waals surface area contributed by atoms with E-state index in [4.69, 9.17) is 5.11 Å². The van der Waals surface area contributed by atoms with Crippen LogP contribution in [0.5, 0.6) is 0 Å². The van der Waals surface area contributed by atoms with Gasteiger partial charge in [-0.05, 0) is 11.8 Å². The van der Waals surface area contributed by atoms with Crippen molar-refractivity contribution in [2.24, 2.45) is 5.41 Å². The normalized spacial score (nSPS) is 29.4. The molecule has 4 nitrogen and oxygen atoms in total. The number of nitrogens with zero attached hydrogens (tertiary/aromatic N) is 1. The second-order valence-corrected chi connectivity index (χ2v) is 4.64. The van der Waals surface area contributed by atoms with Crippen molar-refractivity contribution in [1.29, 1.82) is 0 Å². The van der Waals surface area contributed by atoms with E-state index in [0.29, 0.717) is 13.0 Å². The maximum Gasteiger partial charge on any atom is 0.407 e. The Morgan fingerprint density at radius 3 is 2.31 bits per heavy atom. The topological polar surface area (TPSA) is 60.8 Å². The van der Waals surface area contributed by atoms with Crippen molar-refractivity contribution in [2.45, 2.75) is 39.3 Å². The second kappa shape index (κ2) is 3.18. The van der Waals surface area contributed by atoms with Gasteiger partial charge in [0.25, 0.3) is 0 Å². The first kappa shape index (κ1) is 10.3. The summed E-state index contributed by atoms with van der Waals surface area (Å²) in [5.74, 6) is 0. The second-order valence-electron chi connectivity index (χ2n) is 4.64. The van der Waals surface area contributed by atoms with Crippen LogP contribution in [0.25, 0.3) is 0 Å². The summed E-state index contributed by atoms with van der Waals surface area (Å²) in [6.07, 6.45) is -0.901. The standard InChI is InChI=1S/C9H17NO3/c1-9(2,3)7-6(11)4-5-10(7)8(12)13/h6-7,11H,4-5H2,1-3H3,(H,12,13). The lowest BCUT2D eigenvalue weighted by Crippen LogP contribution is -2.47. The smallest absolute Gasteiger partial charge is 0.407 e. The molecule has 2 unspecified atom stereocenters. The van der Waals surface area contributed by atoms with Gasteiger partial charge in [0.05, 0.1) is 12.1 Å². The Kier molecular flexibility index (Phi) is 2.52. The van der Waals surface area contributed by atoms with E-state index in [0.717, 1.165) is 0 Å². The summed E-state index contributed by atoms with van der Waals surface area (Å²) in [7, 11) is 0. The monoisotopic (exact) mass is 187 g/mol. The molecule has 1 fully saturated rings. The molecule has 1 aliphatic heterocycles. The Morgan fingerprint density at radius 2 is 2.00 bits per heavy atom. The number of aliphatic hydroxyl groups excluding tert-OH is 1. The Balaban J connectivity index is 2.83. The van der Waals surface area contributed by atoms with Crippen LogP contribution in [0.3, 0.4) is 0 Å². The molecule has 0 aromatic rings. The summed E-state index contributed by atoms with van der Waals surface area (Å²) >= 11 is 0. The molecule has 0 radical (unpaired) electrons. The van der Waals surface area contributed by atoms with Crippen molar-refractivity contribution in [3.63, 3.8) is 0 Å². The molecule has 1 saturated heterocycles. The third-order valence-corrected chi connectivity index (χ3v) is 2.50. The molecule has 76 valence electrons. The van der Waals surface area contributed by atoms with Crippen molar-refractivity contribution in [3.05, 3.63) is 0 Å². The highest BCUT2D eigenvalue weighted by molar-refractivity contribution is 5.66. The van der Waals surface area contributed by atoms with E-state index in [-0.39, 0.29) is 11.5 Å². The third kappa shape index (κ3) is 1.94. The van der Waals surface area contributed by atoms with Gasteiger partial charge in [0.1, 0.15) is 0 Å². The summed E-state index contributed by atoms with van der Waals surface area (Å²) in [6, 6.07) is -0.273. The maximum atomic E-state index is 10.8. The zero-order valence-electron chi connectivity index (χ0n) is 8.32. The van der Waals surface area contributed by atoms with Crippen molar-refractivity contribution in [3.8, 4) is 0 Å². The van der Waals surface area contributed by atoms with Gasteiger partial charge in [0.15, 0.2) is 0 Å². The molecule has 0 bridgehead atoms. The van der Waals surface area contributed by atoms with Gasteiger partial charge in [-0.1, -0.05) is 20.8 Å². The molecule has 0 saturated carbocycles. The largest absolute Gasteiger partial charge is 0.465 e. The van der Waals surface area contributed by atoms with Crippen LogP contribution in [0.15, 0.2) is 0 Å². The van der Waals surface area contributed by atoms with Gasteiger partial charge in [-0.2, -0.15) is 0 Å². The Morgan fingerprint density at radius 1 is 1.46 bits per heavy atom. The van der Waals surface area contributed by atoms with Gasteiger partial charge in [-0.3, -0.25) is 0 Å². The molecule has 0 aromatic heterocycles. The van der Waals surface area contributed by atoms with Crippen LogP contribution in [0.4, 0.5) is 4.79 Å². The van der Waals surface area contributed by atoms with Crippen molar-refractivity contribution in [2.75, 3.05) is 6.54 Å². The summed E-state index contributed by atoms with van der Waals surface area (Å²) in [4.78, 5) is 12.2. The Labute approximate surface area is 78.2 Å². The van der Waals surface area contributed by atoms with Crippen LogP contribution < -0.4 is 0 Å². The Bertz CT molecular complexity index is 209. The number of carboxylic acid groups (broad SMARTS) is 1. The number of hydrogen-bond acceptors (Lipinski definition) is 2. The molecule has 0 spiro atoms. The lowest BCUT2D eigenvalue weighted by atomic mass is 9.84. The average molecular weight is 187 g/mol. The predicted molar refractivity (Wildman–Crippen MR) is 48.6 cm³/mol. The summed E-state index contributed by atoms with van der Waals surface area (Å²) < 4.78 is 0. The molecule has 1 amide bonds. The number of carbonyl (C=O) groups is 1. The minimum Gasteiger partial charge on any atom is -0.465 e. The number of amides is 1. The van der Waals surface area contributed by atoms with Crippen LogP contribution in [-0.4, -0.2) is 39.9 Å². The van der Waals surface area contributed by atoms with Crippen LogP contribution >= 0.6 is 0 Å². The predicted octanol–water partition coefficient (Wildman–Crippen LogP) is 1.15.